The summed E-state index contributed by atoms with van der Waals surface area (Å²) in [5, 5.41) is 3.31. The second-order valence-electron chi connectivity index (χ2n) is 4.54. The molecule has 0 saturated heterocycles. The van der Waals surface area contributed by atoms with Crippen molar-refractivity contribution < 1.29 is 9.13 Å². The largest absolute Gasteiger partial charge is 0.375 e. The zero-order chi connectivity index (χ0) is 12.9. The first-order chi connectivity index (χ1) is 7.94. The molecule has 0 fully saturated rings. The van der Waals surface area contributed by atoms with Crippen molar-refractivity contribution in [1.29, 1.82) is 0 Å². The van der Waals surface area contributed by atoms with Gasteiger partial charge in [0.2, 0.25) is 0 Å². The molecule has 0 amide bonds. The lowest BCUT2D eigenvalue weighted by Gasteiger charge is -2.25. The van der Waals surface area contributed by atoms with Gasteiger partial charge in [-0.15, -0.1) is 0 Å². The van der Waals surface area contributed by atoms with Crippen LogP contribution in [0.5, 0.6) is 0 Å². The van der Waals surface area contributed by atoms with Gasteiger partial charge < -0.3 is 10.1 Å². The van der Waals surface area contributed by atoms with Crippen molar-refractivity contribution in [3.05, 3.63) is 34.1 Å². The van der Waals surface area contributed by atoms with Gasteiger partial charge in [-0.05, 0) is 54.4 Å². The van der Waals surface area contributed by atoms with E-state index in [1.54, 1.807) is 12.1 Å². The Labute approximate surface area is 111 Å². The Bertz CT molecular complexity index is 368. The molecular weight excluding hydrogens is 285 g/mol. The van der Waals surface area contributed by atoms with Gasteiger partial charge in [0, 0.05) is 19.7 Å². The molecule has 2 nitrogen and oxygen atoms in total. The van der Waals surface area contributed by atoms with Crippen LogP contribution in [0.4, 0.5) is 4.39 Å². The van der Waals surface area contributed by atoms with E-state index in [0.717, 1.165) is 12.1 Å². The zero-order valence-electron chi connectivity index (χ0n) is 10.5. The SMILES string of the molecule is CCOC(C)(C)CNCc1ccc(F)c(Br)c1. The highest BCUT2D eigenvalue weighted by atomic mass is 79.9. The molecule has 1 N–H and O–H groups in total. The zero-order valence-corrected chi connectivity index (χ0v) is 12.1. The molecule has 0 unspecified atom stereocenters. The van der Waals surface area contributed by atoms with E-state index in [9.17, 15) is 4.39 Å². The summed E-state index contributed by atoms with van der Waals surface area (Å²) in [6.45, 7) is 8.25. The molecule has 0 aliphatic rings. The third kappa shape index (κ3) is 5.15. The molecule has 0 saturated carbocycles. The summed E-state index contributed by atoms with van der Waals surface area (Å²) in [5.74, 6) is -0.233. The molecule has 0 heterocycles. The Hall–Kier alpha value is -0.450. The number of ether oxygens (including phenoxy) is 1. The summed E-state index contributed by atoms with van der Waals surface area (Å²) < 4.78 is 19.1. The van der Waals surface area contributed by atoms with Gasteiger partial charge in [-0.25, -0.2) is 4.39 Å². The summed E-state index contributed by atoms with van der Waals surface area (Å²) in [4.78, 5) is 0. The lowest BCUT2D eigenvalue weighted by atomic mass is 10.1. The molecule has 0 aliphatic carbocycles. The molecule has 0 radical (unpaired) electrons. The van der Waals surface area contributed by atoms with E-state index < -0.39 is 0 Å². The summed E-state index contributed by atoms with van der Waals surface area (Å²) in [7, 11) is 0. The van der Waals surface area contributed by atoms with Gasteiger partial charge in [-0.1, -0.05) is 6.07 Å². The quantitative estimate of drug-likeness (QED) is 0.868. The fourth-order valence-corrected chi connectivity index (χ4v) is 2.03. The minimum Gasteiger partial charge on any atom is -0.375 e. The first-order valence-corrected chi connectivity index (χ1v) is 6.52. The highest BCUT2D eigenvalue weighted by Gasteiger charge is 2.16. The van der Waals surface area contributed by atoms with Crippen LogP contribution < -0.4 is 5.32 Å². The molecule has 17 heavy (non-hydrogen) atoms. The number of hydrogen-bond donors (Lipinski definition) is 1. The molecule has 0 aliphatic heterocycles. The van der Waals surface area contributed by atoms with E-state index in [1.807, 2.05) is 20.8 Å². The van der Waals surface area contributed by atoms with Crippen molar-refractivity contribution in [1.82, 2.24) is 5.32 Å². The first kappa shape index (κ1) is 14.6. The smallest absolute Gasteiger partial charge is 0.137 e. The topological polar surface area (TPSA) is 21.3 Å². The maximum absolute atomic E-state index is 13.0. The van der Waals surface area contributed by atoms with Crippen LogP contribution >= 0.6 is 15.9 Å². The lowest BCUT2D eigenvalue weighted by molar-refractivity contribution is -0.00897. The average Bonchev–Trinajstić information content (AvgIpc) is 2.23. The standard InChI is InChI=1S/C13H19BrFNO/c1-4-17-13(2,3)9-16-8-10-5-6-12(15)11(14)7-10/h5-7,16H,4,8-9H2,1-3H3. The minimum atomic E-state index is -0.233. The Morgan fingerprint density at radius 1 is 1.41 bits per heavy atom. The Kier molecular flexibility index (Phi) is 5.56. The lowest BCUT2D eigenvalue weighted by Crippen LogP contribution is -2.37. The Morgan fingerprint density at radius 3 is 2.71 bits per heavy atom. The first-order valence-electron chi connectivity index (χ1n) is 5.73. The van der Waals surface area contributed by atoms with Gasteiger partial charge in [0.05, 0.1) is 10.1 Å². The molecule has 1 aromatic carbocycles. The monoisotopic (exact) mass is 303 g/mol. The molecule has 0 spiro atoms. The summed E-state index contributed by atoms with van der Waals surface area (Å²) in [6, 6.07) is 5.03. The van der Waals surface area contributed by atoms with Crippen molar-refractivity contribution in [2.45, 2.75) is 32.9 Å². The number of benzene rings is 1. The van der Waals surface area contributed by atoms with E-state index in [2.05, 4.69) is 21.2 Å². The van der Waals surface area contributed by atoms with Crippen LogP contribution in [-0.4, -0.2) is 18.8 Å². The van der Waals surface area contributed by atoms with Crippen LogP contribution in [0.1, 0.15) is 26.3 Å². The van der Waals surface area contributed by atoms with Gasteiger partial charge in [0.25, 0.3) is 0 Å². The highest BCUT2D eigenvalue weighted by molar-refractivity contribution is 9.10. The number of hydrogen-bond acceptors (Lipinski definition) is 2. The fraction of sp³-hybridized carbons (Fsp3) is 0.538. The average molecular weight is 304 g/mol. The highest BCUT2D eigenvalue weighted by Crippen LogP contribution is 2.17. The second kappa shape index (κ2) is 6.47. The molecule has 1 aromatic rings. The predicted molar refractivity (Wildman–Crippen MR) is 71.5 cm³/mol. The van der Waals surface area contributed by atoms with E-state index >= 15 is 0 Å². The van der Waals surface area contributed by atoms with Gasteiger partial charge in [0.15, 0.2) is 0 Å². The van der Waals surface area contributed by atoms with Crippen molar-refractivity contribution in [3.63, 3.8) is 0 Å². The number of nitrogens with one attached hydrogen (secondary N) is 1. The number of rotatable bonds is 6. The van der Waals surface area contributed by atoms with E-state index in [4.69, 9.17) is 4.74 Å². The maximum atomic E-state index is 13.0. The molecule has 0 aromatic heterocycles. The fourth-order valence-electron chi connectivity index (χ4n) is 1.60. The van der Waals surface area contributed by atoms with Crippen LogP contribution in [0.3, 0.4) is 0 Å². The van der Waals surface area contributed by atoms with E-state index in [1.165, 1.54) is 6.07 Å². The summed E-state index contributed by atoms with van der Waals surface area (Å²) >= 11 is 3.17. The predicted octanol–water partition coefficient (Wildman–Crippen LogP) is 3.49. The molecule has 4 heteroatoms. The summed E-state index contributed by atoms with van der Waals surface area (Å²) in [5.41, 5.74) is 0.872. The van der Waals surface area contributed by atoms with E-state index in [0.29, 0.717) is 17.6 Å². The Morgan fingerprint density at radius 2 is 2.12 bits per heavy atom. The number of halogens is 2. The van der Waals surface area contributed by atoms with E-state index in [-0.39, 0.29) is 11.4 Å². The van der Waals surface area contributed by atoms with Crippen molar-refractivity contribution in [3.8, 4) is 0 Å². The Balaban J connectivity index is 2.43. The molecule has 0 bridgehead atoms. The van der Waals surface area contributed by atoms with Gasteiger partial charge in [-0.2, -0.15) is 0 Å². The third-order valence-corrected chi connectivity index (χ3v) is 3.01. The minimum absolute atomic E-state index is 0.175. The van der Waals surface area contributed by atoms with Crippen LogP contribution in [-0.2, 0) is 11.3 Å². The molecular formula is C13H19BrFNO. The second-order valence-corrected chi connectivity index (χ2v) is 5.40. The van der Waals surface area contributed by atoms with Gasteiger partial charge in [-0.3, -0.25) is 0 Å². The van der Waals surface area contributed by atoms with Crippen LogP contribution in [0, 0.1) is 5.82 Å². The van der Waals surface area contributed by atoms with Crippen molar-refractivity contribution in [2.24, 2.45) is 0 Å². The molecule has 0 atom stereocenters. The summed E-state index contributed by atoms with van der Waals surface area (Å²) in [6.07, 6.45) is 0. The molecule has 96 valence electrons. The molecule has 1 rings (SSSR count). The van der Waals surface area contributed by atoms with Gasteiger partial charge in [0.1, 0.15) is 5.82 Å². The maximum Gasteiger partial charge on any atom is 0.137 e. The van der Waals surface area contributed by atoms with Crippen LogP contribution in [0.15, 0.2) is 22.7 Å². The van der Waals surface area contributed by atoms with Crippen LogP contribution in [0.25, 0.3) is 0 Å². The normalized spacial score (nSPS) is 11.8. The van der Waals surface area contributed by atoms with Crippen LogP contribution in [0.2, 0.25) is 0 Å². The van der Waals surface area contributed by atoms with Gasteiger partial charge >= 0.3 is 0 Å². The van der Waals surface area contributed by atoms with Crippen molar-refractivity contribution >= 4 is 15.9 Å². The van der Waals surface area contributed by atoms with Crippen molar-refractivity contribution in [2.75, 3.05) is 13.2 Å². The third-order valence-electron chi connectivity index (χ3n) is 2.40.